The Balaban J connectivity index is 1.92. The highest BCUT2D eigenvalue weighted by molar-refractivity contribution is 6.51. The van der Waals surface area contributed by atoms with Crippen molar-refractivity contribution in [3.8, 4) is 5.75 Å². The Labute approximate surface area is 202 Å². The topological polar surface area (TPSA) is 66.8 Å². The van der Waals surface area contributed by atoms with Crippen LogP contribution in [-0.2, 0) is 9.59 Å². The van der Waals surface area contributed by atoms with Crippen LogP contribution < -0.4 is 9.64 Å². The van der Waals surface area contributed by atoms with E-state index < -0.39 is 29.4 Å². The maximum atomic E-state index is 14.8. The van der Waals surface area contributed by atoms with Gasteiger partial charge in [0.05, 0.1) is 23.4 Å². The van der Waals surface area contributed by atoms with Crippen molar-refractivity contribution in [1.29, 1.82) is 0 Å². The molecule has 5 nitrogen and oxygen atoms in total. The van der Waals surface area contributed by atoms with E-state index in [-0.39, 0.29) is 23.1 Å². The summed E-state index contributed by atoms with van der Waals surface area (Å²) in [5.74, 6) is -3.54. The Morgan fingerprint density at radius 1 is 1.00 bits per heavy atom. The van der Waals surface area contributed by atoms with E-state index in [4.69, 9.17) is 4.74 Å². The number of benzene rings is 3. The fourth-order valence-electron chi connectivity index (χ4n) is 4.25. The normalized spacial score (nSPS) is 17.3. The second-order valence-electron chi connectivity index (χ2n) is 8.83. The van der Waals surface area contributed by atoms with Gasteiger partial charge in [-0.05, 0) is 69.2 Å². The molecule has 0 saturated carbocycles. The molecule has 3 aromatic carbocycles. The fourth-order valence-corrected chi connectivity index (χ4v) is 4.25. The van der Waals surface area contributed by atoms with Crippen LogP contribution in [0.15, 0.2) is 66.2 Å². The SMILES string of the molecule is Cc1cccc(C2/C(=C(\O)c3ccc(OC(C)C)c(C)c3)C(=O)C(=O)N2c2ccc(F)cc2F)c1. The van der Waals surface area contributed by atoms with Crippen molar-refractivity contribution in [2.24, 2.45) is 0 Å². The van der Waals surface area contributed by atoms with Crippen LogP contribution in [-0.4, -0.2) is 22.9 Å². The van der Waals surface area contributed by atoms with Gasteiger partial charge < -0.3 is 9.84 Å². The lowest BCUT2D eigenvalue weighted by Crippen LogP contribution is -2.30. The maximum Gasteiger partial charge on any atom is 0.300 e. The van der Waals surface area contributed by atoms with Gasteiger partial charge in [-0.1, -0.05) is 29.8 Å². The zero-order valence-corrected chi connectivity index (χ0v) is 19.8. The quantitative estimate of drug-likeness (QED) is 0.278. The van der Waals surface area contributed by atoms with Crippen molar-refractivity contribution < 1.29 is 28.2 Å². The molecule has 1 atom stereocenters. The zero-order chi connectivity index (χ0) is 25.4. The summed E-state index contributed by atoms with van der Waals surface area (Å²) >= 11 is 0. The molecule has 7 heteroatoms. The minimum Gasteiger partial charge on any atom is -0.507 e. The molecular formula is C28H25F2NO4. The average Bonchev–Trinajstić information content (AvgIpc) is 3.05. The molecule has 1 fully saturated rings. The van der Waals surface area contributed by atoms with Crippen molar-refractivity contribution in [3.05, 3.63) is 100 Å². The third-order valence-corrected chi connectivity index (χ3v) is 5.78. The number of ether oxygens (including phenoxy) is 1. The van der Waals surface area contributed by atoms with Crippen molar-refractivity contribution in [1.82, 2.24) is 0 Å². The van der Waals surface area contributed by atoms with Crippen LogP contribution in [0.3, 0.4) is 0 Å². The van der Waals surface area contributed by atoms with Gasteiger partial charge in [-0.25, -0.2) is 8.78 Å². The summed E-state index contributed by atoms with van der Waals surface area (Å²) in [6.07, 6.45) is -0.0506. The van der Waals surface area contributed by atoms with Crippen LogP contribution in [0.2, 0.25) is 0 Å². The van der Waals surface area contributed by atoms with E-state index >= 15 is 0 Å². The second kappa shape index (κ2) is 9.33. The Hall–Kier alpha value is -4.00. The first-order chi connectivity index (χ1) is 16.6. The van der Waals surface area contributed by atoms with Gasteiger partial charge in [0, 0.05) is 11.6 Å². The van der Waals surface area contributed by atoms with Gasteiger partial charge in [-0.15, -0.1) is 0 Å². The first kappa shape index (κ1) is 24.1. The van der Waals surface area contributed by atoms with Crippen LogP contribution in [0.5, 0.6) is 5.75 Å². The predicted molar refractivity (Wildman–Crippen MR) is 129 cm³/mol. The average molecular weight is 478 g/mol. The molecule has 180 valence electrons. The molecule has 0 radical (unpaired) electrons. The van der Waals surface area contributed by atoms with E-state index in [1.807, 2.05) is 26.8 Å². The molecule has 0 spiro atoms. The monoisotopic (exact) mass is 477 g/mol. The number of carbonyl (C=O) groups is 2. The second-order valence-corrected chi connectivity index (χ2v) is 8.83. The number of hydrogen-bond donors (Lipinski definition) is 1. The summed E-state index contributed by atoms with van der Waals surface area (Å²) in [7, 11) is 0. The molecule has 1 aliphatic rings. The number of rotatable bonds is 5. The Bertz CT molecular complexity index is 1360. The van der Waals surface area contributed by atoms with Crippen LogP contribution in [0, 0.1) is 25.5 Å². The lowest BCUT2D eigenvalue weighted by atomic mass is 9.93. The fraction of sp³-hybridized carbons (Fsp3) is 0.214. The number of nitrogens with zero attached hydrogens (tertiary/aromatic N) is 1. The highest BCUT2D eigenvalue weighted by atomic mass is 19.1. The minimum absolute atomic E-state index is 0.0506. The van der Waals surface area contributed by atoms with Crippen LogP contribution in [0.1, 0.15) is 42.1 Å². The van der Waals surface area contributed by atoms with Gasteiger partial charge >= 0.3 is 0 Å². The number of amides is 1. The molecule has 1 amide bonds. The summed E-state index contributed by atoms with van der Waals surface area (Å²) in [5.41, 5.74) is 1.96. The Kier molecular flexibility index (Phi) is 6.43. The van der Waals surface area contributed by atoms with E-state index in [9.17, 15) is 23.5 Å². The summed E-state index contributed by atoms with van der Waals surface area (Å²) in [4.78, 5) is 27.3. The molecule has 1 saturated heterocycles. The van der Waals surface area contributed by atoms with E-state index in [0.29, 0.717) is 22.9 Å². The molecule has 0 aromatic heterocycles. The van der Waals surface area contributed by atoms with Crippen molar-refractivity contribution in [2.75, 3.05) is 4.90 Å². The summed E-state index contributed by atoms with van der Waals surface area (Å²) in [6.45, 7) is 7.43. The number of hydrogen-bond acceptors (Lipinski definition) is 4. The molecule has 35 heavy (non-hydrogen) atoms. The number of carbonyl (C=O) groups excluding carboxylic acids is 2. The van der Waals surface area contributed by atoms with Gasteiger partial charge in [0.1, 0.15) is 23.1 Å². The van der Waals surface area contributed by atoms with Gasteiger partial charge in [0.15, 0.2) is 0 Å². The van der Waals surface area contributed by atoms with Crippen molar-refractivity contribution in [2.45, 2.75) is 39.8 Å². The molecule has 0 aliphatic carbocycles. The van der Waals surface area contributed by atoms with Gasteiger partial charge in [-0.3, -0.25) is 14.5 Å². The summed E-state index contributed by atoms with van der Waals surface area (Å²) in [5, 5.41) is 11.3. The number of anilines is 1. The van der Waals surface area contributed by atoms with E-state index in [0.717, 1.165) is 28.2 Å². The number of ketones is 1. The highest BCUT2D eigenvalue weighted by Gasteiger charge is 2.47. The number of Topliss-reactive ketones (excluding diaryl/α,β-unsaturated/α-hetero) is 1. The first-order valence-electron chi connectivity index (χ1n) is 11.2. The largest absolute Gasteiger partial charge is 0.507 e. The molecule has 1 N–H and O–H groups in total. The summed E-state index contributed by atoms with van der Waals surface area (Å²) in [6, 6.07) is 13.6. The number of aliphatic hydroxyl groups is 1. The van der Waals surface area contributed by atoms with Gasteiger partial charge in [0.2, 0.25) is 0 Å². The lowest BCUT2D eigenvalue weighted by Gasteiger charge is -2.26. The molecule has 1 aliphatic heterocycles. The Morgan fingerprint density at radius 2 is 1.74 bits per heavy atom. The third kappa shape index (κ3) is 4.54. The molecule has 4 rings (SSSR count). The van der Waals surface area contributed by atoms with E-state index in [1.165, 1.54) is 0 Å². The first-order valence-corrected chi connectivity index (χ1v) is 11.2. The number of halogens is 2. The number of aryl methyl sites for hydroxylation is 2. The minimum atomic E-state index is -1.11. The summed E-state index contributed by atoms with van der Waals surface area (Å²) < 4.78 is 34.1. The molecule has 3 aromatic rings. The lowest BCUT2D eigenvalue weighted by molar-refractivity contribution is -0.132. The van der Waals surface area contributed by atoms with Crippen molar-refractivity contribution in [3.63, 3.8) is 0 Å². The molecule has 1 heterocycles. The van der Waals surface area contributed by atoms with Gasteiger partial charge in [-0.2, -0.15) is 0 Å². The highest BCUT2D eigenvalue weighted by Crippen LogP contribution is 2.43. The molecule has 1 unspecified atom stereocenters. The standard InChI is InChI=1S/C28H25F2NO4/c1-15(2)35-23-11-8-19(13-17(23)4)26(32)24-25(18-7-5-6-16(3)12-18)31(28(34)27(24)33)22-10-9-20(29)14-21(22)30/h5-15,25,32H,1-4H3/b26-24+. The molecular weight excluding hydrogens is 452 g/mol. The van der Waals surface area contributed by atoms with Crippen LogP contribution in [0.4, 0.5) is 14.5 Å². The zero-order valence-electron chi connectivity index (χ0n) is 19.8. The van der Waals surface area contributed by atoms with Crippen LogP contribution in [0.25, 0.3) is 5.76 Å². The Morgan fingerprint density at radius 3 is 2.37 bits per heavy atom. The van der Waals surface area contributed by atoms with E-state index in [2.05, 4.69) is 0 Å². The predicted octanol–water partition coefficient (Wildman–Crippen LogP) is 6.00. The van der Waals surface area contributed by atoms with Crippen molar-refractivity contribution >= 4 is 23.1 Å². The number of aliphatic hydroxyl groups excluding tert-OH is 1. The van der Waals surface area contributed by atoms with Crippen LogP contribution >= 0.6 is 0 Å². The van der Waals surface area contributed by atoms with E-state index in [1.54, 1.807) is 43.3 Å². The molecule has 0 bridgehead atoms. The van der Waals surface area contributed by atoms with Gasteiger partial charge in [0.25, 0.3) is 11.7 Å². The maximum absolute atomic E-state index is 14.8. The smallest absolute Gasteiger partial charge is 0.300 e. The third-order valence-electron chi connectivity index (χ3n) is 5.78.